The molecular formula is C17H26N4O3S. The number of carbonyl (C=O) groups excluding carboxylic acids is 1. The maximum absolute atomic E-state index is 12.8. The first-order chi connectivity index (χ1) is 11.9. The Hall–Kier alpha value is -1.48. The van der Waals surface area contributed by atoms with Gasteiger partial charge in [0.15, 0.2) is 0 Å². The Bertz CT molecular complexity index is 725. The molecule has 0 spiro atoms. The van der Waals surface area contributed by atoms with Gasteiger partial charge < -0.3 is 15.5 Å². The fourth-order valence-corrected chi connectivity index (χ4v) is 4.52. The molecule has 8 heteroatoms. The van der Waals surface area contributed by atoms with Crippen molar-refractivity contribution in [2.75, 3.05) is 51.6 Å². The lowest BCUT2D eigenvalue weighted by Crippen LogP contribution is -2.48. The summed E-state index contributed by atoms with van der Waals surface area (Å²) in [6.45, 7) is 6.04. The number of likely N-dealkylation sites (N-methyl/N-ethyl adjacent to an activating group) is 1. The molecule has 2 aliphatic rings. The van der Waals surface area contributed by atoms with Crippen molar-refractivity contribution >= 4 is 21.6 Å². The third-order valence-corrected chi connectivity index (χ3v) is 7.03. The quantitative estimate of drug-likeness (QED) is 0.789. The third kappa shape index (κ3) is 4.03. The summed E-state index contributed by atoms with van der Waals surface area (Å²) in [5, 5.41) is 6.02. The lowest BCUT2D eigenvalue weighted by atomic mass is 9.88. The second-order valence-electron chi connectivity index (χ2n) is 6.93. The normalized spacial score (nSPS) is 21.5. The van der Waals surface area contributed by atoms with Crippen LogP contribution >= 0.6 is 0 Å². The van der Waals surface area contributed by atoms with Crippen molar-refractivity contribution in [3.63, 3.8) is 0 Å². The van der Waals surface area contributed by atoms with Crippen molar-refractivity contribution in [3.05, 3.63) is 24.3 Å². The number of sulfonamides is 1. The van der Waals surface area contributed by atoms with E-state index in [1.54, 1.807) is 24.3 Å². The van der Waals surface area contributed by atoms with Crippen molar-refractivity contribution in [2.45, 2.75) is 11.8 Å². The van der Waals surface area contributed by atoms with Gasteiger partial charge in [-0.25, -0.2) is 8.42 Å². The standard InChI is InChI=1S/C17H26N4O3S/c1-13(14-11-18-12-14)17(22)19-15-4-3-5-16(10-15)25(23,24)21-8-6-20(2)7-9-21/h3-5,10,13-14,18H,6-9,11-12H2,1-2H3,(H,19,22). The van der Waals surface area contributed by atoms with E-state index < -0.39 is 10.0 Å². The van der Waals surface area contributed by atoms with Gasteiger partial charge in [-0.05, 0) is 44.3 Å². The molecule has 0 aliphatic carbocycles. The fourth-order valence-electron chi connectivity index (χ4n) is 3.05. The number of amides is 1. The number of carbonyl (C=O) groups is 1. The average molecular weight is 366 g/mol. The van der Waals surface area contributed by atoms with Crippen molar-refractivity contribution in [2.24, 2.45) is 11.8 Å². The van der Waals surface area contributed by atoms with Crippen LogP contribution in [-0.4, -0.2) is 69.8 Å². The topological polar surface area (TPSA) is 81.8 Å². The summed E-state index contributed by atoms with van der Waals surface area (Å²) in [5.41, 5.74) is 0.527. The minimum atomic E-state index is -3.53. The van der Waals surface area contributed by atoms with Gasteiger partial charge in [0, 0.05) is 37.8 Å². The van der Waals surface area contributed by atoms with E-state index >= 15 is 0 Å². The predicted molar refractivity (Wildman–Crippen MR) is 96.9 cm³/mol. The van der Waals surface area contributed by atoms with Crippen LogP contribution < -0.4 is 10.6 Å². The molecule has 0 saturated carbocycles. The van der Waals surface area contributed by atoms with Crippen LogP contribution in [0.4, 0.5) is 5.69 Å². The number of anilines is 1. The molecule has 2 saturated heterocycles. The third-order valence-electron chi connectivity index (χ3n) is 5.14. The Morgan fingerprint density at radius 3 is 2.52 bits per heavy atom. The summed E-state index contributed by atoms with van der Waals surface area (Å²) in [6, 6.07) is 6.54. The van der Waals surface area contributed by atoms with E-state index in [1.807, 2.05) is 14.0 Å². The van der Waals surface area contributed by atoms with Crippen LogP contribution in [0.5, 0.6) is 0 Å². The number of hydrogen-bond donors (Lipinski definition) is 2. The van der Waals surface area contributed by atoms with Gasteiger partial charge in [0.05, 0.1) is 4.90 Å². The van der Waals surface area contributed by atoms with E-state index in [0.29, 0.717) is 24.7 Å². The molecule has 0 bridgehead atoms. The molecule has 1 aromatic rings. The minimum Gasteiger partial charge on any atom is -0.326 e. The number of nitrogens with one attached hydrogen (secondary N) is 2. The molecule has 25 heavy (non-hydrogen) atoms. The van der Waals surface area contributed by atoms with Crippen LogP contribution in [0.3, 0.4) is 0 Å². The van der Waals surface area contributed by atoms with Gasteiger partial charge in [-0.1, -0.05) is 13.0 Å². The molecule has 2 heterocycles. The molecule has 1 aromatic carbocycles. The summed E-state index contributed by atoms with van der Waals surface area (Å²) < 4.78 is 27.1. The van der Waals surface area contributed by atoms with E-state index in [1.165, 1.54) is 4.31 Å². The molecule has 1 atom stereocenters. The molecule has 1 unspecified atom stereocenters. The highest BCUT2D eigenvalue weighted by Gasteiger charge is 2.30. The Morgan fingerprint density at radius 2 is 1.92 bits per heavy atom. The zero-order valence-electron chi connectivity index (χ0n) is 14.7. The van der Waals surface area contributed by atoms with E-state index in [2.05, 4.69) is 15.5 Å². The van der Waals surface area contributed by atoms with Crippen LogP contribution in [0.25, 0.3) is 0 Å². The molecule has 3 rings (SSSR count). The Labute approximate surface area is 149 Å². The first-order valence-corrected chi connectivity index (χ1v) is 10.1. The van der Waals surface area contributed by atoms with Gasteiger partial charge in [-0.2, -0.15) is 4.31 Å². The first-order valence-electron chi connectivity index (χ1n) is 8.68. The van der Waals surface area contributed by atoms with E-state index in [9.17, 15) is 13.2 Å². The number of nitrogens with zero attached hydrogens (tertiary/aromatic N) is 2. The fraction of sp³-hybridized carbons (Fsp3) is 0.588. The molecule has 2 fully saturated rings. The molecule has 138 valence electrons. The molecule has 7 nitrogen and oxygen atoms in total. The van der Waals surface area contributed by atoms with Gasteiger partial charge >= 0.3 is 0 Å². The van der Waals surface area contributed by atoms with Gasteiger partial charge in [-0.3, -0.25) is 4.79 Å². The SMILES string of the molecule is CC(C(=O)Nc1cccc(S(=O)(=O)N2CCN(C)CC2)c1)C1CNC1. The number of rotatable bonds is 5. The maximum atomic E-state index is 12.8. The Balaban J connectivity index is 1.71. The van der Waals surface area contributed by atoms with Crippen molar-refractivity contribution in [1.82, 2.24) is 14.5 Å². The van der Waals surface area contributed by atoms with Crippen LogP contribution in [0.2, 0.25) is 0 Å². The van der Waals surface area contributed by atoms with Gasteiger partial charge in [0.2, 0.25) is 15.9 Å². The molecule has 0 radical (unpaired) electrons. The summed E-state index contributed by atoms with van der Waals surface area (Å²) >= 11 is 0. The van der Waals surface area contributed by atoms with Crippen molar-refractivity contribution in [1.29, 1.82) is 0 Å². The predicted octanol–water partition coefficient (Wildman–Crippen LogP) is 0.417. The second kappa shape index (κ2) is 7.41. The minimum absolute atomic E-state index is 0.0688. The number of benzene rings is 1. The lowest BCUT2D eigenvalue weighted by Gasteiger charge is -2.32. The highest BCUT2D eigenvalue weighted by Crippen LogP contribution is 2.22. The van der Waals surface area contributed by atoms with E-state index in [-0.39, 0.29) is 16.7 Å². The Kier molecular flexibility index (Phi) is 5.43. The number of piperazine rings is 1. The van der Waals surface area contributed by atoms with Crippen molar-refractivity contribution < 1.29 is 13.2 Å². The van der Waals surface area contributed by atoms with Crippen LogP contribution in [0.1, 0.15) is 6.92 Å². The molecule has 1 amide bonds. The molecular weight excluding hydrogens is 340 g/mol. The second-order valence-corrected chi connectivity index (χ2v) is 8.87. The van der Waals surface area contributed by atoms with Crippen LogP contribution in [0, 0.1) is 11.8 Å². The lowest BCUT2D eigenvalue weighted by molar-refractivity contribution is -0.121. The van der Waals surface area contributed by atoms with Gasteiger partial charge in [0.1, 0.15) is 0 Å². The highest BCUT2D eigenvalue weighted by atomic mass is 32.2. The Morgan fingerprint density at radius 1 is 1.24 bits per heavy atom. The summed E-state index contributed by atoms with van der Waals surface area (Å²) in [7, 11) is -1.54. The average Bonchev–Trinajstić information content (AvgIpc) is 2.54. The zero-order valence-corrected chi connectivity index (χ0v) is 15.6. The summed E-state index contributed by atoms with van der Waals surface area (Å²) in [6.07, 6.45) is 0. The van der Waals surface area contributed by atoms with E-state index in [4.69, 9.17) is 0 Å². The molecule has 2 N–H and O–H groups in total. The van der Waals surface area contributed by atoms with Crippen molar-refractivity contribution in [3.8, 4) is 0 Å². The highest BCUT2D eigenvalue weighted by molar-refractivity contribution is 7.89. The molecule has 2 aliphatic heterocycles. The van der Waals surface area contributed by atoms with Gasteiger partial charge in [0.25, 0.3) is 0 Å². The van der Waals surface area contributed by atoms with Crippen LogP contribution in [0.15, 0.2) is 29.2 Å². The zero-order chi connectivity index (χ0) is 18.0. The summed E-state index contributed by atoms with van der Waals surface area (Å²) in [4.78, 5) is 14.7. The smallest absolute Gasteiger partial charge is 0.243 e. The maximum Gasteiger partial charge on any atom is 0.243 e. The largest absolute Gasteiger partial charge is 0.326 e. The van der Waals surface area contributed by atoms with Gasteiger partial charge in [-0.15, -0.1) is 0 Å². The van der Waals surface area contributed by atoms with E-state index in [0.717, 1.165) is 26.2 Å². The molecule has 0 aromatic heterocycles. The summed E-state index contributed by atoms with van der Waals surface area (Å²) in [5.74, 6) is 0.178. The number of hydrogen-bond acceptors (Lipinski definition) is 5. The van der Waals surface area contributed by atoms with Crippen LogP contribution in [-0.2, 0) is 14.8 Å². The monoisotopic (exact) mass is 366 g/mol. The first kappa shape index (κ1) is 18.3.